The molecule has 2 heterocycles. The third kappa shape index (κ3) is 5.52. The molecule has 2 fully saturated rings. The lowest BCUT2D eigenvalue weighted by Crippen LogP contribution is -2.47. The van der Waals surface area contributed by atoms with Crippen molar-refractivity contribution in [1.82, 2.24) is 9.80 Å². The summed E-state index contributed by atoms with van der Waals surface area (Å²) in [5.74, 6) is 2.31. The highest BCUT2D eigenvalue weighted by molar-refractivity contribution is 5.80. The minimum absolute atomic E-state index is 0.0112. The quantitative estimate of drug-likeness (QED) is 0.751. The topological polar surface area (TPSA) is 49.9 Å². The molecular weight excluding hydrogens is 364 g/mol. The Bertz CT molecular complexity index is 715. The number of aryl methyl sites for hydroxylation is 1. The van der Waals surface area contributed by atoms with Crippen LogP contribution in [0.25, 0.3) is 0 Å². The number of nitrogens with zero attached hydrogens (tertiary/aromatic N) is 2. The van der Waals surface area contributed by atoms with Crippen LogP contribution in [0.2, 0.25) is 0 Å². The highest BCUT2D eigenvalue weighted by atomic mass is 16.5. The smallest absolute Gasteiger partial charge is 0.260 e. The van der Waals surface area contributed by atoms with Gasteiger partial charge in [0.2, 0.25) is 5.91 Å². The van der Waals surface area contributed by atoms with Crippen LogP contribution < -0.4 is 4.74 Å². The summed E-state index contributed by atoms with van der Waals surface area (Å²) in [7, 11) is 0. The fraction of sp³-hybridized carbons (Fsp3) is 0.667. The molecule has 1 aromatic carbocycles. The minimum atomic E-state index is 0.0112. The van der Waals surface area contributed by atoms with Gasteiger partial charge in [-0.3, -0.25) is 9.59 Å². The van der Waals surface area contributed by atoms with Crippen LogP contribution in [0.4, 0.5) is 0 Å². The maximum Gasteiger partial charge on any atom is 0.260 e. The number of rotatable bonds is 5. The molecule has 0 spiro atoms. The molecule has 3 rings (SSSR count). The fourth-order valence-corrected chi connectivity index (χ4v) is 4.23. The molecule has 2 aliphatic rings. The first-order valence-corrected chi connectivity index (χ1v) is 11.1. The molecule has 0 atom stereocenters. The number of likely N-dealkylation sites (tertiary alicyclic amines) is 2. The Kier molecular flexibility index (Phi) is 7.20. The van der Waals surface area contributed by atoms with Crippen LogP contribution in [-0.4, -0.2) is 54.4 Å². The monoisotopic (exact) mass is 400 g/mol. The molecule has 0 aromatic heterocycles. The van der Waals surface area contributed by atoms with E-state index in [0.717, 1.165) is 56.0 Å². The number of ether oxygens (including phenoxy) is 1. The molecule has 1 aromatic rings. The van der Waals surface area contributed by atoms with Gasteiger partial charge in [-0.1, -0.05) is 32.9 Å². The van der Waals surface area contributed by atoms with Crippen molar-refractivity contribution in [2.45, 2.75) is 59.3 Å². The Labute approximate surface area is 175 Å². The predicted molar refractivity (Wildman–Crippen MR) is 115 cm³/mol. The van der Waals surface area contributed by atoms with Crippen LogP contribution in [-0.2, 0) is 9.59 Å². The molecule has 2 aliphatic heterocycles. The largest absolute Gasteiger partial charge is 0.483 e. The number of carbonyl (C=O) groups excluding carboxylic acids is 2. The van der Waals surface area contributed by atoms with Gasteiger partial charge in [-0.2, -0.15) is 0 Å². The lowest BCUT2D eigenvalue weighted by Gasteiger charge is -2.36. The molecule has 0 N–H and O–H groups in total. The lowest BCUT2D eigenvalue weighted by molar-refractivity contribution is -0.142. The van der Waals surface area contributed by atoms with Gasteiger partial charge in [0, 0.05) is 32.1 Å². The van der Waals surface area contributed by atoms with Crippen molar-refractivity contribution in [3.63, 3.8) is 0 Å². The summed E-state index contributed by atoms with van der Waals surface area (Å²) in [5, 5.41) is 0. The van der Waals surface area contributed by atoms with Gasteiger partial charge in [0.15, 0.2) is 6.61 Å². The maximum atomic E-state index is 12.8. The predicted octanol–water partition coefficient (Wildman–Crippen LogP) is 3.99. The normalized spacial score (nSPS) is 18.9. The van der Waals surface area contributed by atoms with Gasteiger partial charge in [0.25, 0.3) is 5.91 Å². The second kappa shape index (κ2) is 9.64. The summed E-state index contributed by atoms with van der Waals surface area (Å²) in [4.78, 5) is 29.3. The van der Waals surface area contributed by atoms with Crippen molar-refractivity contribution in [2.75, 3.05) is 32.8 Å². The first-order valence-electron chi connectivity index (χ1n) is 11.1. The molecule has 160 valence electrons. The Balaban J connectivity index is 1.47. The third-order valence-electron chi connectivity index (χ3n) is 6.52. The Morgan fingerprint density at radius 2 is 1.66 bits per heavy atom. The van der Waals surface area contributed by atoms with Crippen molar-refractivity contribution in [3.05, 3.63) is 29.3 Å². The summed E-state index contributed by atoms with van der Waals surface area (Å²) in [6.45, 7) is 11.7. The zero-order chi connectivity index (χ0) is 21.0. The summed E-state index contributed by atoms with van der Waals surface area (Å²) in [6.07, 6.45) is 3.74. The number of hydrogen-bond acceptors (Lipinski definition) is 3. The molecule has 0 unspecified atom stereocenters. The van der Waals surface area contributed by atoms with Crippen LogP contribution in [0.5, 0.6) is 5.75 Å². The highest BCUT2D eigenvalue weighted by Crippen LogP contribution is 2.26. The van der Waals surface area contributed by atoms with Crippen LogP contribution in [0.1, 0.15) is 63.5 Å². The first-order chi connectivity index (χ1) is 13.8. The van der Waals surface area contributed by atoms with Gasteiger partial charge in [-0.15, -0.1) is 0 Å². The SMILES string of the molecule is Cc1ccc(C(C)C)cc1OCC(=O)N1CCC(C(=O)N2CCC(C)CC2)CC1. The molecule has 29 heavy (non-hydrogen) atoms. The van der Waals surface area contributed by atoms with Crippen LogP contribution >= 0.6 is 0 Å². The molecule has 0 aliphatic carbocycles. The molecule has 5 heteroatoms. The van der Waals surface area contributed by atoms with Crippen molar-refractivity contribution in [3.8, 4) is 5.75 Å². The van der Waals surface area contributed by atoms with Crippen LogP contribution in [0.3, 0.4) is 0 Å². The van der Waals surface area contributed by atoms with Gasteiger partial charge < -0.3 is 14.5 Å². The summed E-state index contributed by atoms with van der Waals surface area (Å²) in [5.41, 5.74) is 2.26. The van der Waals surface area contributed by atoms with Crippen molar-refractivity contribution < 1.29 is 14.3 Å². The zero-order valence-corrected chi connectivity index (χ0v) is 18.4. The van der Waals surface area contributed by atoms with Crippen LogP contribution in [0.15, 0.2) is 18.2 Å². The average molecular weight is 401 g/mol. The number of hydrogen-bond donors (Lipinski definition) is 0. The Morgan fingerprint density at radius 1 is 1.03 bits per heavy atom. The van der Waals surface area contributed by atoms with E-state index in [2.05, 4.69) is 26.8 Å². The van der Waals surface area contributed by atoms with E-state index in [1.807, 2.05) is 28.9 Å². The molecule has 2 saturated heterocycles. The molecule has 0 bridgehead atoms. The van der Waals surface area contributed by atoms with E-state index in [9.17, 15) is 9.59 Å². The first kappa shape index (κ1) is 21.7. The Hall–Kier alpha value is -2.04. The standard InChI is InChI=1S/C24H36N2O3/c1-17(2)21-6-5-19(4)22(15-21)29-16-23(27)25-13-9-20(10-14-25)24(28)26-11-7-18(3)8-12-26/h5-6,15,17-18,20H,7-14,16H2,1-4H3. The Morgan fingerprint density at radius 3 is 2.28 bits per heavy atom. The van der Waals surface area contributed by atoms with Crippen molar-refractivity contribution >= 4 is 11.8 Å². The average Bonchev–Trinajstić information content (AvgIpc) is 2.73. The second-order valence-electron chi connectivity index (χ2n) is 9.13. The van der Waals surface area contributed by atoms with E-state index < -0.39 is 0 Å². The van der Waals surface area contributed by atoms with E-state index in [0.29, 0.717) is 24.9 Å². The number of piperidine rings is 2. The van der Waals surface area contributed by atoms with Gasteiger partial charge in [-0.05, 0) is 61.6 Å². The summed E-state index contributed by atoms with van der Waals surface area (Å²) >= 11 is 0. The molecule has 0 radical (unpaired) electrons. The maximum absolute atomic E-state index is 12.8. The van der Waals surface area contributed by atoms with Gasteiger partial charge in [0.1, 0.15) is 5.75 Å². The van der Waals surface area contributed by atoms with E-state index in [4.69, 9.17) is 4.74 Å². The lowest BCUT2D eigenvalue weighted by atomic mass is 9.92. The summed E-state index contributed by atoms with van der Waals surface area (Å²) < 4.78 is 5.86. The van der Waals surface area contributed by atoms with E-state index in [1.54, 1.807) is 0 Å². The van der Waals surface area contributed by atoms with Gasteiger partial charge in [-0.25, -0.2) is 0 Å². The molecule has 0 saturated carbocycles. The number of carbonyl (C=O) groups is 2. The molecular formula is C24H36N2O3. The second-order valence-corrected chi connectivity index (χ2v) is 9.13. The van der Waals surface area contributed by atoms with Crippen molar-refractivity contribution in [1.29, 1.82) is 0 Å². The van der Waals surface area contributed by atoms with E-state index >= 15 is 0 Å². The fourth-order valence-electron chi connectivity index (χ4n) is 4.23. The van der Waals surface area contributed by atoms with E-state index in [-0.39, 0.29) is 18.4 Å². The highest BCUT2D eigenvalue weighted by Gasteiger charge is 2.31. The zero-order valence-electron chi connectivity index (χ0n) is 18.4. The third-order valence-corrected chi connectivity index (χ3v) is 6.52. The number of benzene rings is 1. The molecule has 5 nitrogen and oxygen atoms in total. The van der Waals surface area contributed by atoms with Crippen molar-refractivity contribution in [2.24, 2.45) is 11.8 Å². The van der Waals surface area contributed by atoms with Gasteiger partial charge >= 0.3 is 0 Å². The van der Waals surface area contributed by atoms with Crippen LogP contribution in [0, 0.1) is 18.8 Å². The van der Waals surface area contributed by atoms with Gasteiger partial charge in [0.05, 0.1) is 0 Å². The molecule has 2 amide bonds. The number of amides is 2. The summed E-state index contributed by atoms with van der Waals surface area (Å²) in [6, 6.07) is 6.20. The van der Waals surface area contributed by atoms with E-state index in [1.165, 1.54) is 5.56 Å². The minimum Gasteiger partial charge on any atom is -0.483 e.